The van der Waals surface area contributed by atoms with E-state index in [0.29, 0.717) is 29.4 Å². The van der Waals surface area contributed by atoms with Crippen LogP contribution in [-0.4, -0.2) is 44.9 Å². The molecule has 10 heteroatoms. The van der Waals surface area contributed by atoms with Gasteiger partial charge in [0.05, 0.1) is 32.9 Å². The van der Waals surface area contributed by atoms with Crippen molar-refractivity contribution in [2.45, 2.75) is 33.0 Å². The van der Waals surface area contributed by atoms with Gasteiger partial charge in [-0.2, -0.15) is 0 Å². The molecule has 2 N–H and O–H groups in total. The summed E-state index contributed by atoms with van der Waals surface area (Å²) in [6.45, 7) is 3.58. The third kappa shape index (κ3) is 5.60. The molecule has 186 valence electrons. The van der Waals surface area contributed by atoms with Gasteiger partial charge in [0.15, 0.2) is 11.6 Å². The predicted octanol–water partition coefficient (Wildman–Crippen LogP) is 3.70. The van der Waals surface area contributed by atoms with Gasteiger partial charge < -0.3 is 24.7 Å². The first-order valence-electron chi connectivity index (χ1n) is 11.6. The van der Waals surface area contributed by atoms with Gasteiger partial charge >= 0.3 is 0 Å². The first-order chi connectivity index (χ1) is 17.6. The van der Waals surface area contributed by atoms with E-state index < -0.39 is 0 Å². The Balaban J connectivity index is 1.44. The number of hydrogen-bond donors (Lipinski definition) is 2. The molecule has 36 heavy (non-hydrogen) atoms. The van der Waals surface area contributed by atoms with E-state index in [1.54, 1.807) is 32.5 Å². The number of amides is 1. The molecule has 0 aliphatic carbocycles. The lowest BCUT2D eigenvalue weighted by Crippen LogP contribution is -2.23. The van der Waals surface area contributed by atoms with Crippen LogP contribution in [0.25, 0.3) is 11.5 Å². The van der Waals surface area contributed by atoms with Crippen LogP contribution < -0.4 is 20.1 Å². The summed E-state index contributed by atoms with van der Waals surface area (Å²) in [6.07, 6.45) is 4.11. The fourth-order valence-electron chi connectivity index (χ4n) is 3.86. The van der Waals surface area contributed by atoms with Gasteiger partial charge in [-0.15, -0.1) is 10.2 Å². The monoisotopic (exact) mass is 487 g/mol. The number of hydrogen-bond acceptors (Lipinski definition) is 8. The molecule has 0 saturated carbocycles. The number of benzene rings is 2. The lowest BCUT2D eigenvalue weighted by atomic mass is 10.1. The Morgan fingerprint density at radius 2 is 1.78 bits per heavy atom. The fraction of sp³-hybridized carbons (Fsp3) is 0.269. The summed E-state index contributed by atoms with van der Waals surface area (Å²) in [4.78, 5) is 21.2. The van der Waals surface area contributed by atoms with Gasteiger partial charge in [-0.05, 0) is 42.8 Å². The zero-order chi connectivity index (χ0) is 25.3. The highest BCUT2D eigenvalue weighted by Gasteiger charge is 2.15. The van der Waals surface area contributed by atoms with Gasteiger partial charge in [0.2, 0.25) is 0 Å². The number of anilines is 1. The first-order valence-corrected chi connectivity index (χ1v) is 11.6. The average molecular weight is 488 g/mol. The highest BCUT2D eigenvalue weighted by atomic mass is 16.5. The van der Waals surface area contributed by atoms with E-state index in [4.69, 9.17) is 9.47 Å². The molecular weight excluding hydrogens is 458 g/mol. The molecule has 0 aliphatic heterocycles. The summed E-state index contributed by atoms with van der Waals surface area (Å²) in [5, 5.41) is 15.0. The average Bonchev–Trinajstić information content (AvgIpc) is 3.33. The van der Waals surface area contributed by atoms with Crippen LogP contribution in [0.3, 0.4) is 0 Å². The lowest BCUT2D eigenvalue weighted by Gasteiger charge is -2.14. The van der Waals surface area contributed by atoms with Crippen molar-refractivity contribution >= 4 is 11.6 Å². The molecule has 0 radical (unpaired) electrons. The molecule has 2 aromatic heterocycles. The van der Waals surface area contributed by atoms with E-state index in [1.165, 1.54) is 6.33 Å². The summed E-state index contributed by atoms with van der Waals surface area (Å²) in [7, 11) is 3.18. The van der Waals surface area contributed by atoms with Crippen LogP contribution in [0.15, 0.2) is 61.1 Å². The predicted molar refractivity (Wildman–Crippen MR) is 136 cm³/mol. The highest BCUT2D eigenvalue weighted by molar-refractivity contribution is 5.95. The first kappa shape index (κ1) is 24.6. The Bertz CT molecular complexity index is 1290. The number of methoxy groups -OCH3 is 2. The van der Waals surface area contributed by atoms with Crippen LogP contribution in [0.5, 0.6) is 11.5 Å². The molecular formula is C26H29N7O3. The minimum absolute atomic E-state index is 0.202. The van der Waals surface area contributed by atoms with Crippen LogP contribution in [-0.2, 0) is 19.6 Å². The number of carbonyl (C=O) groups excluding carboxylic acids is 1. The quantitative estimate of drug-likeness (QED) is 0.329. The van der Waals surface area contributed by atoms with Crippen LogP contribution in [0, 0.1) is 0 Å². The van der Waals surface area contributed by atoms with Gasteiger partial charge in [0.25, 0.3) is 5.91 Å². The highest BCUT2D eigenvalue weighted by Crippen LogP contribution is 2.28. The maximum Gasteiger partial charge on any atom is 0.251 e. The maximum atomic E-state index is 12.9. The summed E-state index contributed by atoms with van der Waals surface area (Å²) >= 11 is 0. The lowest BCUT2D eigenvalue weighted by molar-refractivity contribution is 0.0950. The van der Waals surface area contributed by atoms with Crippen molar-refractivity contribution in [1.82, 2.24) is 30.0 Å². The molecule has 2 heterocycles. The van der Waals surface area contributed by atoms with Crippen molar-refractivity contribution in [2.75, 3.05) is 19.5 Å². The molecule has 0 unspecified atom stereocenters. The molecule has 1 amide bonds. The third-order valence-corrected chi connectivity index (χ3v) is 5.62. The number of rotatable bonds is 11. The standard InChI is InChI=1S/C26H29N7O3/c1-4-13-33-24(31-32-25(33)21-11-12-27-17-30-21)16-28-19-8-5-7-18(14-19)26(34)29-15-20-22(35-2)9-6-10-23(20)36-3/h5-12,14,17,28H,4,13,15-16H2,1-3H3,(H,29,34). The second kappa shape index (κ2) is 11.8. The molecule has 4 rings (SSSR count). The molecule has 0 saturated heterocycles. The Morgan fingerprint density at radius 3 is 2.47 bits per heavy atom. The molecule has 10 nitrogen and oxygen atoms in total. The van der Waals surface area contributed by atoms with Crippen LogP contribution in [0.1, 0.15) is 35.1 Å². The Labute approximate surface area is 209 Å². The van der Waals surface area contributed by atoms with Crippen LogP contribution in [0.2, 0.25) is 0 Å². The van der Waals surface area contributed by atoms with E-state index in [-0.39, 0.29) is 12.5 Å². The van der Waals surface area contributed by atoms with E-state index in [9.17, 15) is 4.79 Å². The van der Waals surface area contributed by atoms with Crippen molar-refractivity contribution in [3.05, 3.63) is 78.0 Å². The Hall–Kier alpha value is -4.47. The molecule has 2 aromatic carbocycles. The van der Waals surface area contributed by atoms with Crippen molar-refractivity contribution in [1.29, 1.82) is 0 Å². The number of ether oxygens (including phenoxy) is 2. The van der Waals surface area contributed by atoms with Crippen molar-refractivity contribution in [3.63, 3.8) is 0 Å². The minimum Gasteiger partial charge on any atom is -0.496 e. The largest absolute Gasteiger partial charge is 0.496 e. The molecule has 0 spiro atoms. The third-order valence-electron chi connectivity index (χ3n) is 5.62. The SMILES string of the molecule is CCCn1c(CNc2cccc(C(=O)NCc3c(OC)cccc3OC)c2)nnc1-c1ccncn1. The molecule has 0 fully saturated rings. The van der Waals surface area contributed by atoms with Crippen LogP contribution in [0.4, 0.5) is 5.69 Å². The number of carbonyl (C=O) groups is 1. The van der Waals surface area contributed by atoms with Gasteiger partial charge in [-0.3, -0.25) is 4.79 Å². The topological polar surface area (TPSA) is 116 Å². The van der Waals surface area contributed by atoms with Crippen molar-refractivity contribution in [2.24, 2.45) is 0 Å². The van der Waals surface area contributed by atoms with Gasteiger partial charge in [0.1, 0.15) is 23.5 Å². The number of nitrogens with zero attached hydrogens (tertiary/aromatic N) is 5. The zero-order valence-electron chi connectivity index (χ0n) is 20.6. The van der Waals surface area contributed by atoms with E-state index >= 15 is 0 Å². The second-order valence-electron chi connectivity index (χ2n) is 7.94. The molecule has 4 aromatic rings. The van der Waals surface area contributed by atoms with E-state index in [1.807, 2.05) is 41.0 Å². The van der Waals surface area contributed by atoms with Gasteiger partial charge in [-0.1, -0.05) is 19.1 Å². The second-order valence-corrected chi connectivity index (χ2v) is 7.94. The zero-order valence-corrected chi connectivity index (χ0v) is 20.6. The summed E-state index contributed by atoms with van der Waals surface area (Å²) in [5.74, 6) is 2.59. The summed E-state index contributed by atoms with van der Waals surface area (Å²) in [5.41, 5.74) is 2.83. The number of aromatic nitrogens is 5. The Kier molecular flexibility index (Phi) is 8.07. The molecule has 0 aliphatic rings. The maximum absolute atomic E-state index is 12.9. The van der Waals surface area contributed by atoms with Crippen molar-refractivity contribution < 1.29 is 14.3 Å². The normalized spacial score (nSPS) is 10.6. The smallest absolute Gasteiger partial charge is 0.251 e. The van der Waals surface area contributed by atoms with Gasteiger partial charge in [-0.25, -0.2) is 9.97 Å². The van der Waals surface area contributed by atoms with Crippen LogP contribution >= 0.6 is 0 Å². The van der Waals surface area contributed by atoms with E-state index in [0.717, 1.165) is 35.7 Å². The van der Waals surface area contributed by atoms with Crippen molar-refractivity contribution in [3.8, 4) is 23.0 Å². The summed E-state index contributed by atoms with van der Waals surface area (Å²) in [6, 6.07) is 14.7. The number of nitrogens with one attached hydrogen (secondary N) is 2. The molecule has 0 atom stereocenters. The summed E-state index contributed by atoms with van der Waals surface area (Å²) < 4.78 is 12.9. The van der Waals surface area contributed by atoms with E-state index in [2.05, 4.69) is 37.7 Å². The Morgan fingerprint density at radius 1 is 1.00 bits per heavy atom. The van der Waals surface area contributed by atoms with Gasteiger partial charge in [0, 0.05) is 24.0 Å². The fourth-order valence-corrected chi connectivity index (χ4v) is 3.86. The minimum atomic E-state index is -0.202. The molecule has 0 bridgehead atoms.